The van der Waals surface area contributed by atoms with Crippen LogP contribution in [0.4, 0.5) is 0 Å². The summed E-state index contributed by atoms with van der Waals surface area (Å²) in [5.74, 6) is 5.98. The minimum Gasteiger partial charge on any atom is -0.748 e. The van der Waals surface area contributed by atoms with Crippen LogP contribution >= 0.6 is 0 Å². The van der Waals surface area contributed by atoms with Gasteiger partial charge in [0.2, 0.25) is 0 Å². The summed E-state index contributed by atoms with van der Waals surface area (Å²) < 4.78 is 31.3. The SMILES string of the molecule is O=S(=O)([O-])CCCCCCCCCCCCC#CC1(O)CCCC1.[Na+]. The third-order valence-corrected chi connectivity index (χ3v) is 5.49. The second-order valence-corrected chi connectivity index (χ2v) is 8.61. The van der Waals surface area contributed by atoms with Crippen LogP contribution in [0.2, 0.25) is 0 Å². The molecule has 25 heavy (non-hydrogen) atoms. The number of hydrogen-bond donors (Lipinski definition) is 1. The van der Waals surface area contributed by atoms with Crippen LogP contribution in [0.5, 0.6) is 0 Å². The van der Waals surface area contributed by atoms with Gasteiger partial charge in [-0.05, 0) is 38.5 Å². The van der Waals surface area contributed by atoms with Crippen molar-refractivity contribution in [3.05, 3.63) is 0 Å². The fourth-order valence-electron chi connectivity index (χ4n) is 3.22. The summed E-state index contributed by atoms with van der Waals surface area (Å²) in [6, 6.07) is 0. The molecule has 0 amide bonds. The fraction of sp³-hybridized carbons (Fsp3) is 0.895. The van der Waals surface area contributed by atoms with Crippen molar-refractivity contribution in [3.8, 4) is 11.8 Å². The minimum absolute atomic E-state index is 0. The molecule has 0 atom stereocenters. The summed E-state index contributed by atoms with van der Waals surface area (Å²) >= 11 is 0. The minimum atomic E-state index is -4.02. The third kappa shape index (κ3) is 15.2. The Labute approximate surface area is 176 Å². The van der Waals surface area contributed by atoms with Crippen molar-refractivity contribution in [2.75, 3.05) is 5.75 Å². The Morgan fingerprint density at radius 2 is 1.28 bits per heavy atom. The summed E-state index contributed by atoms with van der Waals surface area (Å²) in [5, 5.41) is 10.1. The van der Waals surface area contributed by atoms with Gasteiger partial charge >= 0.3 is 29.6 Å². The van der Waals surface area contributed by atoms with E-state index in [-0.39, 0.29) is 35.3 Å². The van der Waals surface area contributed by atoms with Crippen molar-refractivity contribution >= 4 is 10.1 Å². The second-order valence-electron chi connectivity index (χ2n) is 7.09. The molecule has 0 aromatic rings. The van der Waals surface area contributed by atoms with Gasteiger partial charge in [-0.3, -0.25) is 0 Å². The van der Waals surface area contributed by atoms with Gasteiger partial charge in [0.1, 0.15) is 5.60 Å². The Kier molecular flexibility index (Phi) is 14.7. The maximum atomic E-state index is 10.4. The van der Waals surface area contributed by atoms with Gasteiger partial charge in [-0.1, -0.05) is 57.3 Å². The van der Waals surface area contributed by atoms with E-state index in [1.165, 1.54) is 32.1 Å². The smallest absolute Gasteiger partial charge is 0.748 e. The number of aliphatic hydroxyl groups is 1. The van der Waals surface area contributed by atoms with E-state index in [1.54, 1.807) is 0 Å². The first-order valence-electron chi connectivity index (χ1n) is 9.57. The van der Waals surface area contributed by atoms with Crippen molar-refractivity contribution in [1.82, 2.24) is 0 Å². The van der Waals surface area contributed by atoms with Crippen LogP contribution in [0, 0.1) is 11.8 Å². The summed E-state index contributed by atoms with van der Waals surface area (Å²) in [7, 11) is -4.02. The number of unbranched alkanes of at least 4 members (excludes halogenated alkanes) is 10. The van der Waals surface area contributed by atoms with Gasteiger partial charge in [-0.15, -0.1) is 5.92 Å². The van der Waals surface area contributed by atoms with Gasteiger partial charge in [0, 0.05) is 12.2 Å². The third-order valence-electron chi connectivity index (χ3n) is 4.70. The first-order valence-corrected chi connectivity index (χ1v) is 11.2. The van der Waals surface area contributed by atoms with Gasteiger partial charge in [0.15, 0.2) is 0 Å². The van der Waals surface area contributed by atoms with Gasteiger partial charge < -0.3 is 9.66 Å². The summed E-state index contributed by atoms with van der Waals surface area (Å²) in [5.41, 5.74) is -0.683. The zero-order chi connectivity index (χ0) is 17.7. The molecule has 0 aromatic carbocycles. The standard InChI is InChI=1S/C19H34O4S.Na/c20-19(16-12-13-17-19)15-11-9-7-5-3-1-2-4-6-8-10-14-18-24(21,22)23;/h20H,1-10,12-14,16-18H2,(H,21,22,23);/q;+1/p-1. The van der Waals surface area contributed by atoms with Crippen LogP contribution in [0.3, 0.4) is 0 Å². The molecule has 1 rings (SSSR count). The van der Waals surface area contributed by atoms with Crippen LogP contribution in [0.15, 0.2) is 0 Å². The molecular formula is C19H33NaO4S. The normalized spacial score (nSPS) is 16.1. The van der Waals surface area contributed by atoms with E-state index < -0.39 is 15.7 Å². The molecule has 1 aliphatic rings. The van der Waals surface area contributed by atoms with Crippen LogP contribution in [-0.2, 0) is 10.1 Å². The zero-order valence-electron chi connectivity index (χ0n) is 15.9. The average molecular weight is 381 g/mol. The van der Waals surface area contributed by atoms with E-state index in [9.17, 15) is 18.1 Å². The molecule has 0 bridgehead atoms. The van der Waals surface area contributed by atoms with Crippen LogP contribution < -0.4 is 29.6 Å². The van der Waals surface area contributed by atoms with Crippen molar-refractivity contribution in [3.63, 3.8) is 0 Å². The molecule has 4 nitrogen and oxygen atoms in total. The number of rotatable bonds is 12. The van der Waals surface area contributed by atoms with E-state index >= 15 is 0 Å². The Morgan fingerprint density at radius 1 is 0.840 bits per heavy atom. The van der Waals surface area contributed by atoms with Gasteiger partial charge in [-0.25, -0.2) is 8.42 Å². The van der Waals surface area contributed by atoms with E-state index in [0.717, 1.165) is 57.8 Å². The molecule has 0 aromatic heterocycles. The summed E-state index contributed by atoms with van der Waals surface area (Å²) in [6.07, 6.45) is 15.5. The molecule has 0 heterocycles. The van der Waals surface area contributed by atoms with E-state index in [0.29, 0.717) is 6.42 Å². The Balaban J connectivity index is 0.00000576. The Hall–Kier alpha value is 0.430. The van der Waals surface area contributed by atoms with E-state index in [1.807, 2.05) is 0 Å². The molecule has 0 saturated heterocycles. The van der Waals surface area contributed by atoms with Crippen LogP contribution in [0.1, 0.15) is 96.3 Å². The molecular weight excluding hydrogens is 347 g/mol. The molecule has 140 valence electrons. The maximum absolute atomic E-state index is 10.4. The first kappa shape index (κ1) is 25.4. The monoisotopic (exact) mass is 380 g/mol. The van der Waals surface area contributed by atoms with Crippen molar-refractivity contribution in [2.24, 2.45) is 0 Å². The maximum Gasteiger partial charge on any atom is 1.00 e. The molecule has 0 spiro atoms. The molecule has 1 aliphatic carbocycles. The van der Waals surface area contributed by atoms with Gasteiger partial charge in [0.05, 0.1) is 10.1 Å². The fourth-order valence-corrected chi connectivity index (χ4v) is 3.78. The predicted molar refractivity (Wildman–Crippen MR) is 96.5 cm³/mol. The molecule has 6 heteroatoms. The first-order chi connectivity index (χ1) is 11.4. The largest absolute Gasteiger partial charge is 1.00 e. The zero-order valence-corrected chi connectivity index (χ0v) is 18.7. The van der Waals surface area contributed by atoms with Crippen molar-refractivity contribution in [2.45, 2.75) is 102 Å². The second kappa shape index (κ2) is 14.5. The quantitative estimate of drug-likeness (QED) is 0.238. The molecule has 1 fully saturated rings. The Bertz CT molecular complexity index is 487. The molecule has 1 N–H and O–H groups in total. The Morgan fingerprint density at radius 3 is 1.76 bits per heavy atom. The van der Waals surface area contributed by atoms with E-state index in [4.69, 9.17) is 0 Å². The average Bonchev–Trinajstić information content (AvgIpc) is 2.93. The molecule has 0 radical (unpaired) electrons. The van der Waals surface area contributed by atoms with E-state index in [2.05, 4.69) is 11.8 Å². The topological polar surface area (TPSA) is 77.4 Å². The molecule has 0 aliphatic heterocycles. The van der Waals surface area contributed by atoms with Crippen LogP contribution in [-0.4, -0.2) is 29.4 Å². The van der Waals surface area contributed by atoms with Crippen LogP contribution in [0.25, 0.3) is 0 Å². The van der Waals surface area contributed by atoms with Gasteiger partial charge in [0.25, 0.3) is 0 Å². The summed E-state index contributed by atoms with van der Waals surface area (Å²) in [6.45, 7) is 0. The van der Waals surface area contributed by atoms with Crippen molar-refractivity contribution < 1.29 is 47.6 Å². The molecule has 0 unspecified atom stereocenters. The van der Waals surface area contributed by atoms with Gasteiger partial charge in [-0.2, -0.15) is 0 Å². The van der Waals surface area contributed by atoms with Crippen molar-refractivity contribution in [1.29, 1.82) is 0 Å². The predicted octanol–water partition coefficient (Wildman–Crippen LogP) is 1.14. The summed E-state index contributed by atoms with van der Waals surface area (Å²) in [4.78, 5) is 0. The molecule has 1 saturated carbocycles. The number of hydrogen-bond acceptors (Lipinski definition) is 4.